The van der Waals surface area contributed by atoms with Crippen molar-refractivity contribution in [3.63, 3.8) is 0 Å². The third kappa shape index (κ3) is 74.3. The normalized spacial score (nSPS) is 14.0. The molecule has 0 fully saturated rings. The van der Waals surface area contributed by atoms with Crippen molar-refractivity contribution in [3.05, 3.63) is 0 Å². The van der Waals surface area contributed by atoms with E-state index in [1.165, 1.54) is 231 Å². The lowest BCUT2D eigenvalue weighted by Crippen LogP contribution is -2.30. The number of phosphoric acid groups is 2. The van der Waals surface area contributed by atoms with Gasteiger partial charge in [0, 0.05) is 25.7 Å². The first-order valence-electron chi connectivity index (χ1n) is 41.8. The highest BCUT2D eigenvalue weighted by Crippen LogP contribution is 2.45. The average Bonchev–Trinajstić information content (AvgIpc) is 0.940. The minimum Gasteiger partial charge on any atom is -0.462 e. The third-order valence-electron chi connectivity index (χ3n) is 18.9. The number of hydrogen-bond acceptors (Lipinski definition) is 15. The van der Waals surface area contributed by atoms with Gasteiger partial charge in [0.25, 0.3) is 0 Å². The van der Waals surface area contributed by atoms with Crippen LogP contribution in [0, 0.1) is 17.8 Å². The Morgan fingerprint density at radius 1 is 0.270 bits per heavy atom. The Morgan fingerprint density at radius 3 is 0.680 bits per heavy atom. The zero-order valence-corrected chi connectivity index (χ0v) is 67.5. The van der Waals surface area contributed by atoms with E-state index in [9.17, 15) is 43.2 Å². The number of carbonyl (C=O) groups is 4. The van der Waals surface area contributed by atoms with Gasteiger partial charge in [0.1, 0.15) is 19.3 Å². The van der Waals surface area contributed by atoms with Crippen LogP contribution in [-0.2, 0) is 65.4 Å². The fourth-order valence-electron chi connectivity index (χ4n) is 12.5. The van der Waals surface area contributed by atoms with Crippen LogP contribution in [0.3, 0.4) is 0 Å². The van der Waals surface area contributed by atoms with Gasteiger partial charge in [0.05, 0.1) is 26.4 Å². The van der Waals surface area contributed by atoms with Crippen LogP contribution >= 0.6 is 15.6 Å². The smallest absolute Gasteiger partial charge is 0.462 e. The Labute approximate surface area is 613 Å². The monoisotopic (exact) mass is 1470 g/mol. The standard InChI is InChI=1S/C81H158O17P2/c1-8-9-10-11-12-13-14-15-16-17-18-19-22-29-34-43-50-57-64-80(85)97-76(68-91-78(83)62-55-48-41-33-28-23-20-21-26-31-38-45-52-59-72(2)3)70-95-99(87,88)93-66-75(82)67-94-100(89,90)96-71-77(69-92-79(84)63-56-49-42-37-36-40-47-54-61-74(6)7)98-81(86)65-58-51-44-35-30-25-24-27-32-39-46-53-60-73(4)5/h72-77,82H,8-71H2,1-7H3,(H,87,88)(H,89,90)/t75-,76-,77-/m1/s1. The van der Waals surface area contributed by atoms with Crippen LogP contribution in [0.25, 0.3) is 0 Å². The van der Waals surface area contributed by atoms with Crippen molar-refractivity contribution in [2.24, 2.45) is 17.8 Å². The second-order valence-corrected chi connectivity index (χ2v) is 33.5. The van der Waals surface area contributed by atoms with E-state index in [-0.39, 0.29) is 25.7 Å². The number of ether oxygens (including phenoxy) is 4. The highest BCUT2D eigenvalue weighted by atomic mass is 31.2. The molecule has 0 heterocycles. The third-order valence-corrected chi connectivity index (χ3v) is 20.8. The molecule has 0 saturated heterocycles. The molecule has 100 heavy (non-hydrogen) atoms. The summed E-state index contributed by atoms with van der Waals surface area (Å²) in [5.74, 6) is 0.184. The number of unbranched alkanes of at least 4 members (excludes halogenated alkanes) is 47. The number of esters is 4. The summed E-state index contributed by atoms with van der Waals surface area (Å²) in [6.07, 6.45) is 59.6. The molecule has 17 nitrogen and oxygen atoms in total. The van der Waals surface area contributed by atoms with Crippen molar-refractivity contribution in [2.75, 3.05) is 39.6 Å². The summed E-state index contributed by atoms with van der Waals surface area (Å²) >= 11 is 0. The van der Waals surface area contributed by atoms with Crippen molar-refractivity contribution < 1.29 is 80.2 Å². The van der Waals surface area contributed by atoms with Crippen molar-refractivity contribution in [1.29, 1.82) is 0 Å². The molecule has 0 bridgehead atoms. The fraction of sp³-hybridized carbons (Fsp3) is 0.951. The second kappa shape index (κ2) is 71.3. The van der Waals surface area contributed by atoms with E-state index in [2.05, 4.69) is 48.5 Å². The zero-order chi connectivity index (χ0) is 73.7. The maximum atomic E-state index is 13.1. The number of carbonyl (C=O) groups excluding carboxylic acids is 4. The van der Waals surface area contributed by atoms with Crippen LogP contribution in [0.5, 0.6) is 0 Å². The van der Waals surface area contributed by atoms with Crippen molar-refractivity contribution in [3.8, 4) is 0 Å². The van der Waals surface area contributed by atoms with Crippen LogP contribution in [0.2, 0.25) is 0 Å². The van der Waals surface area contributed by atoms with Gasteiger partial charge >= 0.3 is 39.5 Å². The molecule has 0 aromatic heterocycles. The predicted octanol–water partition coefficient (Wildman–Crippen LogP) is 24.1. The molecule has 0 saturated carbocycles. The second-order valence-electron chi connectivity index (χ2n) is 30.6. The molecule has 0 radical (unpaired) electrons. The van der Waals surface area contributed by atoms with Gasteiger partial charge < -0.3 is 33.8 Å². The lowest BCUT2D eigenvalue weighted by Gasteiger charge is -2.21. The summed E-state index contributed by atoms with van der Waals surface area (Å²) in [6.45, 7) is 11.9. The van der Waals surface area contributed by atoms with E-state index in [1.54, 1.807) is 0 Å². The first-order valence-corrected chi connectivity index (χ1v) is 44.8. The molecule has 19 heteroatoms. The first kappa shape index (κ1) is 98.1. The summed E-state index contributed by atoms with van der Waals surface area (Å²) in [4.78, 5) is 73.1. The van der Waals surface area contributed by atoms with Crippen LogP contribution in [-0.4, -0.2) is 96.7 Å². The molecular weight excluding hydrogens is 1310 g/mol. The van der Waals surface area contributed by atoms with Gasteiger partial charge in [-0.15, -0.1) is 0 Å². The molecular formula is C81H158O17P2. The molecule has 0 aliphatic rings. The van der Waals surface area contributed by atoms with Crippen LogP contribution in [0.4, 0.5) is 0 Å². The minimum absolute atomic E-state index is 0.106. The topological polar surface area (TPSA) is 237 Å². The van der Waals surface area contributed by atoms with E-state index in [1.807, 2.05) is 0 Å². The molecule has 0 aliphatic carbocycles. The number of phosphoric ester groups is 2. The Hall–Kier alpha value is -1.94. The first-order chi connectivity index (χ1) is 48.2. The van der Waals surface area contributed by atoms with E-state index in [4.69, 9.17) is 37.0 Å². The van der Waals surface area contributed by atoms with E-state index >= 15 is 0 Å². The predicted molar refractivity (Wildman–Crippen MR) is 409 cm³/mol. The van der Waals surface area contributed by atoms with Crippen molar-refractivity contribution >= 4 is 39.5 Å². The lowest BCUT2D eigenvalue weighted by molar-refractivity contribution is -0.161. The van der Waals surface area contributed by atoms with E-state index in [0.717, 1.165) is 108 Å². The highest BCUT2D eigenvalue weighted by molar-refractivity contribution is 7.47. The molecule has 594 valence electrons. The summed E-state index contributed by atoms with van der Waals surface area (Å²) in [5.41, 5.74) is 0. The number of hydrogen-bond donors (Lipinski definition) is 3. The summed E-state index contributed by atoms with van der Waals surface area (Å²) in [7, 11) is -9.92. The molecule has 0 aliphatic heterocycles. The minimum atomic E-state index is -4.96. The number of aliphatic hydroxyl groups is 1. The van der Waals surface area contributed by atoms with Gasteiger partial charge in [-0.25, -0.2) is 9.13 Å². The molecule has 3 N–H and O–H groups in total. The van der Waals surface area contributed by atoms with Crippen molar-refractivity contribution in [1.82, 2.24) is 0 Å². The SMILES string of the molecule is CCCCCCCCCCCCCCCCCCCCC(=O)O[C@H](COC(=O)CCCCCCCCCCCCCCCC(C)C)COP(=O)(O)OC[C@@H](O)COP(=O)(O)OC[C@@H](COC(=O)CCCCCCCCCCC(C)C)OC(=O)CCCCCCCCCCCCCCC(C)C. The molecule has 0 aromatic rings. The fourth-order valence-corrected chi connectivity index (χ4v) is 14.1. The Bertz CT molecular complexity index is 1940. The van der Waals surface area contributed by atoms with E-state index in [0.29, 0.717) is 25.7 Å². The summed E-state index contributed by atoms with van der Waals surface area (Å²) < 4.78 is 68.7. The maximum absolute atomic E-state index is 13.1. The molecule has 0 amide bonds. The Morgan fingerprint density at radius 2 is 0.460 bits per heavy atom. The van der Waals surface area contributed by atoms with Gasteiger partial charge in [-0.3, -0.25) is 37.3 Å². The van der Waals surface area contributed by atoms with Crippen LogP contribution in [0.15, 0.2) is 0 Å². The van der Waals surface area contributed by atoms with E-state index < -0.39 is 97.5 Å². The Kier molecular flexibility index (Phi) is 69.9. The molecule has 0 rings (SSSR count). The van der Waals surface area contributed by atoms with Crippen molar-refractivity contribution in [2.45, 2.75) is 439 Å². The van der Waals surface area contributed by atoms with Gasteiger partial charge in [-0.05, 0) is 43.4 Å². The van der Waals surface area contributed by atoms with Gasteiger partial charge in [-0.1, -0.05) is 370 Å². The number of rotatable bonds is 79. The average molecular weight is 1470 g/mol. The zero-order valence-electron chi connectivity index (χ0n) is 65.7. The molecule has 0 spiro atoms. The lowest BCUT2D eigenvalue weighted by atomic mass is 10.0. The van der Waals surface area contributed by atoms with Gasteiger partial charge in [-0.2, -0.15) is 0 Å². The quantitative estimate of drug-likeness (QED) is 0.0222. The number of aliphatic hydroxyl groups excluding tert-OH is 1. The van der Waals surface area contributed by atoms with Gasteiger partial charge in [0.15, 0.2) is 12.2 Å². The highest BCUT2D eigenvalue weighted by Gasteiger charge is 2.30. The molecule has 2 unspecified atom stereocenters. The largest absolute Gasteiger partial charge is 0.472 e. The molecule has 0 aromatic carbocycles. The summed E-state index contributed by atoms with van der Waals surface area (Å²) in [5, 5.41) is 10.6. The van der Waals surface area contributed by atoms with Crippen LogP contribution in [0.1, 0.15) is 421 Å². The summed E-state index contributed by atoms with van der Waals surface area (Å²) in [6, 6.07) is 0. The Balaban J connectivity index is 5.26. The van der Waals surface area contributed by atoms with Gasteiger partial charge in [0.2, 0.25) is 0 Å². The van der Waals surface area contributed by atoms with Crippen LogP contribution < -0.4 is 0 Å². The maximum Gasteiger partial charge on any atom is 0.472 e. The molecule has 5 atom stereocenters.